The number of rotatable bonds is 7. The maximum atomic E-state index is 12.6. The molecule has 0 saturated carbocycles. The van der Waals surface area contributed by atoms with E-state index in [-0.39, 0.29) is 11.8 Å². The average molecular weight is 377 g/mol. The van der Waals surface area contributed by atoms with Crippen LogP contribution in [0.25, 0.3) is 0 Å². The Hall–Kier alpha value is -3.11. The molecular formula is C20H19N5OS. The van der Waals surface area contributed by atoms with Crippen molar-refractivity contribution >= 4 is 23.4 Å². The number of nitrogens with zero attached hydrogens (tertiary/aromatic N) is 4. The molecule has 0 unspecified atom stereocenters. The number of amides is 1. The first-order chi connectivity index (χ1) is 13.2. The van der Waals surface area contributed by atoms with Gasteiger partial charge in [-0.05, 0) is 36.8 Å². The second kappa shape index (κ2) is 9.01. The third kappa shape index (κ3) is 5.19. The molecule has 0 aliphatic carbocycles. The molecule has 7 heteroatoms. The number of aromatic nitrogens is 3. The van der Waals surface area contributed by atoms with Crippen molar-refractivity contribution in [1.29, 1.82) is 5.26 Å². The zero-order valence-corrected chi connectivity index (χ0v) is 15.7. The highest BCUT2D eigenvalue weighted by molar-refractivity contribution is 7.99. The molecule has 0 spiro atoms. The number of anilines is 1. The van der Waals surface area contributed by atoms with Crippen molar-refractivity contribution in [2.75, 3.05) is 11.1 Å². The first-order valence-electron chi connectivity index (χ1n) is 8.50. The number of nitriles is 1. The second-order valence-electron chi connectivity index (χ2n) is 6.08. The molecule has 1 amide bonds. The van der Waals surface area contributed by atoms with Crippen molar-refractivity contribution in [3.8, 4) is 6.07 Å². The number of carbonyl (C=O) groups excluding carboxylic acids is 1. The highest BCUT2D eigenvalue weighted by Crippen LogP contribution is 2.28. The summed E-state index contributed by atoms with van der Waals surface area (Å²) in [5, 5.41) is 16.0. The van der Waals surface area contributed by atoms with Crippen LogP contribution in [0.4, 0.5) is 5.69 Å². The molecule has 136 valence electrons. The van der Waals surface area contributed by atoms with E-state index in [0.717, 1.165) is 16.1 Å². The Morgan fingerprint density at radius 2 is 2.04 bits per heavy atom. The molecule has 27 heavy (non-hydrogen) atoms. The van der Waals surface area contributed by atoms with E-state index in [1.165, 1.54) is 6.33 Å². The van der Waals surface area contributed by atoms with Crippen LogP contribution in [-0.4, -0.2) is 26.4 Å². The Kier molecular flexibility index (Phi) is 6.23. The summed E-state index contributed by atoms with van der Waals surface area (Å²) in [5.41, 5.74) is 2.38. The van der Waals surface area contributed by atoms with Crippen LogP contribution in [-0.2, 0) is 6.54 Å². The minimum atomic E-state index is -0.163. The second-order valence-corrected chi connectivity index (χ2v) is 7.14. The fourth-order valence-corrected chi connectivity index (χ4v) is 3.36. The summed E-state index contributed by atoms with van der Waals surface area (Å²) in [4.78, 5) is 17.5. The summed E-state index contributed by atoms with van der Waals surface area (Å²) in [6, 6.07) is 17.3. The van der Waals surface area contributed by atoms with E-state index in [1.807, 2.05) is 43.3 Å². The van der Waals surface area contributed by atoms with E-state index in [4.69, 9.17) is 5.26 Å². The van der Waals surface area contributed by atoms with Crippen LogP contribution in [0, 0.1) is 17.2 Å². The molecule has 0 aliphatic heterocycles. The summed E-state index contributed by atoms with van der Waals surface area (Å²) < 4.78 is 1.73. The number of hydrogen-bond donors (Lipinski definition) is 1. The topological polar surface area (TPSA) is 83.6 Å². The van der Waals surface area contributed by atoms with Gasteiger partial charge >= 0.3 is 0 Å². The molecule has 3 rings (SSSR count). The standard InChI is InChI=1S/C20H19N5OS/c1-15(10-21)12-27-19-5-3-2-4-18(19)24-20(26)17-8-6-16(7-9-17)11-25-14-22-13-23-25/h2-9,13-15H,11-12H2,1H3,(H,24,26)/t15-/m1/s1. The van der Waals surface area contributed by atoms with Gasteiger partial charge in [0.2, 0.25) is 0 Å². The van der Waals surface area contributed by atoms with Gasteiger partial charge in [0, 0.05) is 16.2 Å². The normalized spacial score (nSPS) is 11.6. The number of para-hydroxylation sites is 1. The van der Waals surface area contributed by atoms with Crippen molar-refractivity contribution in [2.45, 2.75) is 18.4 Å². The number of hydrogen-bond acceptors (Lipinski definition) is 5. The molecule has 3 aromatic rings. The van der Waals surface area contributed by atoms with Crippen LogP contribution in [0.3, 0.4) is 0 Å². The van der Waals surface area contributed by atoms with Crippen molar-refractivity contribution in [1.82, 2.24) is 14.8 Å². The van der Waals surface area contributed by atoms with Crippen molar-refractivity contribution < 1.29 is 4.79 Å². The van der Waals surface area contributed by atoms with Crippen molar-refractivity contribution in [3.63, 3.8) is 0 Å². The average Bonchev–Trinajstić information content (AvgIpc) is 3.20. The number of thioether (sulfide) groups is 1. The lowest BCUT2D eigenvalue weighted by molar-refractivity contribution is 0.102. The summed E-state index contributed by atoms with van der Waals surface area (Å²) in [5.74, 6) is 0.473. The van der Waals surface area contributed by atoms with Gasteiger partial charge in [0.05, 0.1) is 24.2 Å². The van der Waals surface area contributed by atoms with Gasteiger partial charge in [0.15, 0.2) is 0 Å². The summed E-state index contributed by atoms with van der Waals surface area (Å²) >= 11 is 1.57. The van der Waals surface area contributed by atoms with Crippen LogP contribution >= 0.6 is 11.8 Å². The highest BCUT2D eigenvalue weighted by atomic mass is 32.2. The van der Waals surface area contributed by atoms with E-state index in [9.17, 15) is 4.79 Å². The lowest BCUT2D eigenvalue weighted by atomic mass is 10.1. The van der Waals surface area contributed by atoms with Gasteiger partial charge in [-0.1, -0.05) is 24.3 Å². The van der Waals surface area contributed by atoms with Crippen LogP contribution in [0.15, 0.2) is 66.1 Å². The van der Waals surface area contributed by atoms with Crippen molar-refractivity contribution in [3.05, 3.63) is 72.3 Å². The van der Waals surface area contributed by atoms with Crippen LogP contribution < -0.4 is 5.32 Å². The molecule has 0 saturated heterocycles. The molecule has 1 atom stereocenters. The van der Waals surface area contributed by atoms with Crippen LogP contribution in [0.5, 0.6) is 0 Å². The van der Waals surface area contributed by atoms with E-state index in [1.54, 1.807) is 34.9 Å². The summed E-state index contributed by atoms with van der Waals surface area (Å²) in [6.45, 7) is 2.49. The maximum Gasteiger partial charge on any atom is 0.255 e. The van der Waals surface area contributed by atoms with Gasteiger partial charge < -0.3 is 5.32 Å². The lowest BCUT2D eigenvalue weighted by Gasteiger charge is -2.11. The molecule has 1 heterocycles. The third-order valence-electron chi connectivity index (χ3n) is 3.87. The summed E-state index contributed by atoms with van der Waals surface area (Å²) in [6.07, 6.45) is 3.15. The molecule has 0 bridgehead atoms. The van der Waals surface area contributed by atoms with E-state index in [0.29, 0.717) is 17.9 Å². The molecule has 0 fully saturated rings. The van der Waals surface area contributed by atoms with Gasteiger partial charge in [-0.15, -0.1) is 11.8 Å². The van der Waals surface area contributed by atoms with E-state index in [2.05, 4.69) is 21.5 Å². The van der Waals surface area contributed by atoms with Gasteiger partial charge in [-0.2, -0.15) is 10.4 Å². The fraction of sp³-hybridized carbons (Fsp3) is 0.200. The quantitative estimate of drug-likeness (QED) is 0.633. The minimum absolute atomic E-state index is 0.0451. The Morgan fingerprint density at radius 1 is 1.26 bits per heavy atom. The molecule has 1 aromatic heterocycles. The van der Waals surface area contributed by atoms with E-state index < -0.39 is 0 Å². The van der Waals surface area contributed by atoms with Crippen LogP contribution in [0.1, 0.15) is 22.8 Å². The highest BCUT2D eigenvalue weighted by Gasteiger charge is 2.11. The van der Waals surface area contributed by atoms with Gasteiger partial charge in [-0.3, -0.25) is 4.79 Å². The Morgan fingerprint density at radius 3 is 2.74 bits per heavy atom. The predicted molar refractivity (Wildman–Crippen MR) is 105 cm³/mol. The lowest BCUT2D eigenvalue weighted by Crippen LogP contribution is -2.13. The molecule has 1 N–H and O–H groups in total. The Labute approximate surface area is 162 Å². The SMILES string of the molecule is C[C@H](C#N)CSc1ccccc1NC(=O)c1ccc(Cn2cncn2)cc1. The van der Waals surface area contributed by atoms with Crippen molar-refractivity contribution in [2.24, 2.45) is 5.92 Å². The van der Waals surface area contributed by atoms with E-state index >= 15 is 0 Å². The molecule has 0 radical (unpaired) electrons. The molecule has 6 nitrogen and oxygen atoms in total. The smallest absolute Gasteiger partial charge is 0.255 e. The monoisotopic (exact) mass is 377 g/mol. The largest absolute Gasteiger partial charge is 0.321 e. The first kappa shape index (κ1) is 18.7. The Balaban J connectivity index is 1.66. The molecule has 0 aliphatic rings. The summed E-state index contributed by atoms with van der Waals surface area (Å²) in [7, 11) is 0. The van der Waals surface area contributed by atoms with Gasteiger partial charge in [0.25, 0.3) is 5.91 Å². The number of nitrogens with one attached hydrogen (secondary N) is 1. The first-order valence-corrected chi connectivity index (χ1v) is 9.48. The molecular weight excluding hydrogens is 358 g/mol. The Bertz CT molecular complexity index is 932. The fourth-order valence-electron chi connectivity index (χ4n) is 2.41. The predicted octanol–water partition coefficient (Wildman–Crippen LogP) is 3.83. The zero-order chi connectivity index (χ0) is 19.1. The minimum Gasteiger partial charge on any atom is -0.321 e. The number of carbonyl (C=O) groups is 1. The van der Waals surface area contributed by atoms with Gasteiger partial charge in [-0.25, -0.2) is 9.67 Å². The zero-order valence-electron chi connectivity index (χ0n) is 14.9. The number of benzene rings is 2. The van der Waals surface area contributed by atoms with Gasteiger partial charge in [0.1, 0.15) is 12.7 Å². The van der Waals surface area contributed by atoms with Crippen LogP contribution in [0.2, 0.25) is 0 Å². The maximum absolute atomic E-state index is 12.6. The third-order valence-corrected chi connectivity index (χ3v) is 5.21. The molecule has 2 aromatic carbocycles.